The molecule has 0 bridgehead atoms. The molecule has 2 aromatic rings. The number of hydrogen-bond acceptors (Lipinski definition) is 3. The van der Waals surface area contributed by atoms with Crippen molar-refractivity contribution in [3.8, 4) is 0 Å². The summed E-state index contributed by atoms with van der Waals surface area (Å²) in [6.07, 6.45) is 8.04. The standard InChI is InChI=1S/C12H15N3O/c1-15-8-7-14-12(15)5-4-11(16)10-3-2-6-13-9-10/h2-3,6-9,11,16H,4-5H2,1H3. The summed E-state index contributed by atoms with van der Waals surface area (Å²) in [4.78, 5) is 8.21. The molecule has 2 rings (SSSR count). The maximum absolute atomic E-state index is 9.93. The Morgan fingerprint density at radius 1 is 1.44 bits per heavy atom. The third-order valence-electron chi connectivity index (χ3n) is 2.63. The van der Waals surface area contributed by atoms with E-state index in [-0.39, 0.29) is 0 Å². The fourth-order valence-corrected chi connectivity index (χ4v) is 1.64. The first-order valence-electron chi connectivity index (χ1n) is 5.31. The summed E-state index contributed by atoms with van der Waals surface area (Å²) in [5, 5.41) is 9.93. The van der Waals surface area contributed by atoms with Gasteiger partial charge in [-0.05, 0) is 18.1 Å². The largest absolute Gasteiger partial charge is 0.388 e. The molecule has 0 saturated heterocycles. The van der Waals surface area contributed by atoms with E-state index in [9.17, 15) is 5.11 Å². The van der Waals surface area contributed by atoms with E-state index >= 15 is 0 Å². The Kier molecular flexibility index (Phi) is 3.31. The molecule has 0 aliphatic heterocycles. The minimum absolute atomic E-state index is 0.467. The molecule has 84 valence electrons. The van der Waals surface area contributed by atoms with Crippen LogP contribution in [0.4, 0.5) is 0 Å². The maximum Gasteiger partial charge on any atom is 0.108 e. The van der Waals surface area contributed by atoms with E-state index in [4.69, 9.17) is 0 Å². The highest BCUT2D eigenvalue weighted by molar-refractivity contribution is 5.11. The van der Waals surface area contributed by atoms with E-state index in [1.165, 1.54) is 0 Å². The topological polar surface area (TPSA) is 50.9 Å². The van der Waals surface area contributed by atoms with Gasteiger partial charge in [0.15, 0.2) is 0 Å². The molecule has 0 amide bonds. The highest BCUT2D eigenvalue weighted by Crippen LogP contribution is 2.16. The quantitative estimate of drug-likeness (QED) is 0.844. The van der Waals surface area contributed by atoms with Gasteiger partial charge in [0.25, 0.3) is 0 Å². The van der Waals surface area contributed by atoms with Crippen molar-refractivity contribution in [1.82, 2.24) is 14.5 Å². The van der Waals surface area contributed by atoms with Crippen LogP contribution in [0.15, 0.2) is 36.9 Å². The van der Waals surface area contributed by atoms with E-state index in [2.05, 4.69) is 9.97 Å². The van der Waals surface area contributed by atoms with Crippen LogP contribution in [0, 0.1) is 0 Å². The van der Waals surface area contributed by atoms with Gasteiger partial charge >= 0.3 is 0 Å². The Morgan fingerprint density at radius 2 is 2.31 bits per heavy atom. The number of aliphatic hydroxyl groups excluding tert-OH is 1. The van der Waals surface area contributed by atoms with E-state index in [1.807, 2.05) is 29.9 Å². The highest BCUT2D eigenvalue weighted by Gasteiger charge is 2.09. The second-order valence-electron chi connectivity index (χ2n) is 3.80. The Balaban J connectivity index is 1.94. The van der Waals surface area contributed by atoms with Crippen molar-refractivity contribution in [2.24, 2.45) is 7.05 Å². The van der Waals surface area contributed by atoms with Crippen molar-refractivity contribution >= 4 is 0 Å². The number of aliphatic hydroxyl groups is 1. The number of aryl methyl sites for hydroxylation is 2. The second-order valence-corrected chi connectivity index (χ2v) is 3.80. The molecule has 0 aliphatic carbocycles. The fourth-order valence-electron chi connectivity index (χ4n) is 1.64. The fraction of sp³-hybridized carbons (Fsp3) is 0.333. The Bertz CT molecular complexity index is 439. The lowest BCUT2D eigenvalue weighted by atomic mass is 10.1. The summed E-state index contributed by atoms with van der Waals surface area (Å²) in [7, 11) is 1.96. The molecule has 0 fully saturated rings. The van der Waals surface area contributed by atoms with Gasteiger partial charge in [-0.3, -0.25) is 4.98 Å². The summed E-state index contributed by atoms with van der Waals surface area (Å²) in [6, 6.07) is 3.72. The van der Waals surface area contributed by atoms with Crippen LogP contribution in [0.2, 0.25) is 0 Å². The molecular weight excluding hydrogens is 202 g/mol. The third kappa shape index (κ3) is 2.46. The van der Waals surface area contributed by atoms with Crippen LogP contribution in [-0.4, -0.2) is 19.6 Å². The molecule has 0 spiro atoms. The molecule has 1 N–H and O–H groups in total. The molecule has 4 heteroatoms. The van der Waals surface area contributed by atoms with Crippen molar-refractivity contribution in [1.29, 1.82) is 0 Å². The average molecular weight is 217 g/mol. The molecule has 0 aliphatic rings. The molecule has 2 heterocycles. The second kappa shape index (κ2) is 4.90. The van der Waals surface area contributed by atoms with Crippen molar-refractivity contribution < 1.29 is 5.11 Å². The lowest BCUT2D eigenvalue weighted by Gasteiger charge is -2.09. The first kappa shape index (κ1) is 10.8. The molecule has 16 heavy (non-hydrogen) atoms. The van der Waals surface area contributed by atoms with Gasteiger partial charge in [0, 0.05) is 38.3 Å². The number of hydrogen-bond donors (Lipinski definition) is 1. The van der Waals surface area contributed by atoms with Crippen LogP contribution in [0.25, 0.3) is 0 Å². The zero-order chi connectivity index (χ0) is 11.4. The SMILES string of the molecule is Cn1ccnc1CCC(O)c1cccnc1. The molecule has 4 nitrogen and oxygen atoms in total. The number of nitrogens with zero attached hydrogens (tertiary/aromatic N) is 3. The number of aromatic nitrogens is 3. The predicted molar refractivity (Wildman–Crippen MR) is 60.7 cm³/mol. The van der Waals surface area contributed by atoms with Gasteiger partial charge in [0.05, 0.1) is 6.10 Å². The lowest BCUT2D eigenvalue weighted by Crippen LogP contribution is -2.03. The lowest BCUT2D eigenvalue weighted by molar-refractivity contribution is 0.166. The van der Waals surface area contributed by atoms with Crippen LogP contribution in [0.3, 0.4) is 0 Å². The summed E-state index contributed by atoms with van der Waals surface area (Å²) < 4.78 is 1.97. The van der Waals surface area contributed by atoms with Crippen molar-refractivity contribution in [2.75, 3.05) is 0 Å². The first-order valence-corrected chi connectivity index (χ1v) is 5.31. The zero-order valence-electron chi connectivity index (χ0n) is 9.24. The normalized spacial score (nSPS) is 12.6. The summed E-state index contributed by atoms with van der Waals surface area (Å²) in [6.45, 7) is 0. The maximum atomic E-state index is 9.93. The average Bonchev–Trinajstić information content (AvgIpc) is 2.73. The van der Waals surface area contributed by atoms with Gasteiger partial charge in [0.2, 0.25) is 0 Å². The van der Waals surface area contributed by atoms with Crippen LogP contribution < -0.4 is 0 Å². The summed E-state index contributed by atoms with van der Waals surface area (Å²) >= 11 is 0. The first-order chi connectivity index (χ1) is 7.77. The van der Waals surface area contributed by atoms with E-state index in [1.54, 1.807) is 18.6 Å². The van der Waals surface area contributed by atoms with Gasteiger partial charge in [-0.1, -0.05) is 6.07 Å². The molecule has 0 aromatic carbocycles. The monoisotopic (exact) mass is 217 g/mol. The predicted octanol–water partition coefficient (Wildman–Crippen LogP) is 1.48. The van der Waals surface area contributed by atoms with E-state index in [0.29, 0.717) is 6.42 Å². The zero-order valence-corrected chi connectivity index (χ0v) is 9.24. The van der Waals surface area contributed by atoms with Crippen LogP contribution in [0.1, 0.15) is 23.9 Å². The molecule has 2 aromatic heterocycles. The molecule has 1 atom stereocenters. The Labute approximate surface area is 94.6 Å². The van der Waals surface area contributed by atoms with Gasteiger partial charge < -0.3 is 9.67 Å². The van der Waals surface area contributed by atoms with E-state index in [0.717, 1.165) is 17.8 Å². The molecular formula is C12H15N3O. The Morgan fingerprint density at radius 3 is 2.94 bits per heavy atom. The highest BCUT2D eigenvalue weighted by atomic mass is 16.3. The third-order valence-corrected chi connectivity index (χ3v) is 2.63. The number of pyridine rings is 1. The van der Waals surface area contributed by atoms with Gasteiger partial charge in [-0.25, -0.2) is 4.98 Å². The van der Waals surface area contributed by atoms with Gasteiger partial charge in [-0.15, -0.1) is 0 Å². The summed E-state index contributed by atoms with van der Waals surface area (Å²) in [5.41, 5.74) is 0.858. The minimum Gasteiger partial charge on any atom is -0.388 e. The Hall–Kier alpha value is -1.68. The number of imidazole rings is 1. The summed E-state index contributed by atoms with van der Waals surface area (Å²) in [5.74, 6) is 0.989. The smallest absolute Gasteiger partial charge is 0.108 e. The van der Waals surface area contributed by atoms with Gasteiger partial charge in [0.1, 0.15) is 5.82 Å². The van der Waals surface area contributed by atoms with Crippen molar-refractivity contribution in [3.05, 3.63) is 48.3 Å². The van der Waals surface area contributed by atoms with Gasteiger partial charge in [-0.2, -0.15) is 0 Å². The minimum atomic E-state index is -0.467. The molecule has 1 unspecified atom stereocenters. The van der Waals surface area contributed by atoms with Crippen molar-refractivity contribution in [3.63, 3.8) is 0 Å². The molecule has 0 saturated carbocycles. The van der Waals surface area contributed by atoms with Crippen LogP contribution in [-0.2, 0) is 13.5 Å². The van der Waals surface area contributed by atoms with Crippen LogP contribution >= 0.6 is 0 Å². The van der Waals surface area contributed by atoms with E-state index < -0.39 is 6.10 Å². The van der Waals surface area contributed by atoms with Crippen molar-refractivity contribution in [2.45, 2.75) is 18.9 Å². The number of rotatable bonds is 4. The molecule has 0 radical (unpaired) electrons. The van der Waals surface area contributed by atoms with Crippen LogP contribution in [0.5, 0.6) is 0 Å².